The van der Waals surface area contributed by atoms with Crippen LogP contribution in [0.25, 0.3) is 54.8 Å². The minimum absolute atomic E-state index is 0. The summed E-state index contributed by atoms with van der Waals surface area (Å²) in [6, 6.07) is 35.9. The molecule has 418 valence electrons. The van der Waals surface area contributed by atoms with Crippen LogP contribution >= 0.6 is 49.6 Å². The normalized spacial score (nSPS) is 10.7. The summed E-state index contributed by atoms with van der Waals surface area (Å²) in [5, 5.41) is 43.8. The zero-order valence-electron chi connectivity index (χ0n) is 38.8. The summed E-state index contributed by atoms with van der Waals surface area (Å²) in [5.74, 6) is 1.31. The number of nitrogens with zero attached hydrogens (tertiary/aromatic N) is 4. The average Bonchev–Trinajstić information content (AvgIpc) is 4.12. The monoisotopic (exact) mass is 1250 g/mol. The molecule has 5 heterocycles. The Morgan fingerprint density at radius 1 is 0.577 bits per heavy atom. The standard InChI is InChI=1S/C9H7NO3.C9H6O3.C8H6ClNO3S.C8H8N2O3S.C8H7NO4S.2CH4.Cl3OP.H3NO.H3N.Na/c11-9(12)5-7-6-3-1-2-4-8(6)13-10-7;10-7-5-9(11)12-8-4-2-1-3-6(7)8;2*9-14(11,12)5-7-6-3-1-2-4-8(6)13-10-7;10-14(11,12)5-7-6-3-1-2-4-8(6)13-9-7;;;1-5(2,3)4;1-2;;/h1-4H,5H2,(H,11,12);1-5,10H;1-4H,5H2;1-4H,5H2,(H2,9,11,12);1-4H,5H2,(H,10,11,12);2*1H4;;2H,1H2;1H3;/q;;;;;;;;;;+1/p-1. The zero-order valence-corrected chi connectivity index (χ0v) is 47.1. The van der Waals surface area contributed by atoms with E-state index in [4.69, 9.17) is 48.6 Å². The number of hydrogen-bond acceptors (Lipinski definition) is 23. The van der Waals surface area contributed by atoms with E-state index in [0.717, 1.165) is 11.5 Å². The van der Waals surface area contributed by atoms with Crippen LogP contribution in [0.2, 0.25) is 0 Å². The van der Waals surface area contributed by atoms with E-state index < -0.39 is 51.7 Å². The summed E-state index contributed by atoms with van der Waals surface area (Å²) in [6.45, 7) is 0. The van der Waals surface area contributed by atoms with Crippen molar-refractivity contribution in [2.45, 2.75) is 38.5 Å². The predicted molar refractivity (Wildman–Crippen MR) is 290 cm³/mol. The molecule has 10 N–H and O–H groups in total. The summed E-state index contributed by atoms with van der Waals surface area (Å²) in [4.78, 5) is 21.2. The van der Waals surface area contributed by atoms with E-state index in [-0.39, 0.29) is 79.9 Å². The maximum absolute atomic E-state index is 10.8. The van der Waals surface area contributed by atoms with Gasteiger partial charge in [0.05, 0.1) is 23.6 Å². The van der Waals surface area contributed by atoms with Gasteiger partial charge in [0.1, 0.15) is 55.7 Å². The second kappa shape index (κ2) is 33.2. The van der Waals surface area contributed by atoms with Gasteiger partial charge in [-0.05, 0) is 94.4 Å². The molecular formula is C44H47Cl4N7NaO18PS3. The number of fused-ring (bicyclic) bond motifs is 5. The van der Waals surface area contributed by atoms with E-state index in [1.807, 2.05) is 12.1 Å². The third-order valence-electron chi connectivity index (χ3n) is 8.72. The second-order valence-corrected chi connectivity index (χ2v) is 26.5. The Morgan fingerprint density at radius 2 is 0.872 bits per heavy atom. The molecule has 10 rings (SSSR count). The van der Waals surface area contributed by atoms with Crippen LogP contribution in [0, 0.1) is 0 Å². The Morgan fingerprint density at radius 3 is 1.21 bits per heavy atom. The van der Waals surface area contributed by atoms with Crippen molar-refractivity contribution in [1.29, 1.82) is 0 Å². The summed E-state index contributed by atoms with van der Waals surface area (Å²) >= 11 is 13.8. The van der Waals surface area contributed by atoms with Crippen molar-refractivity contribution in [3.05, 3.63) is 161 Å². The molecule has 25 nitrogen and oxygen atoms in total. The number of sulfonamides is 1. The molecule has 0 bridgehead atoms. The molecule has 0 saturated carbocycles. The minimum atomic E-state index is -4.31. The summed E-state index contributed by atoms with van der Waals surface area (Å²) in [6.07, 6.45) is -0.100. The van der Waals surface area contributed by atoms with Crippen LogP contribution in [-0.4, -0.2) is 71.8 Å². The Bertz CT molecular complexity index is 3700. The molecule has 0 aliphatic carbocycles. The molecule has 0 aliphatic heterocycles. The topological polar surface area (TPSA) is 442 Å². The number of aliphatic carboxylic acids is 1. The largest absolute Gasteiger partial charge is 1.00 e. The van der Waals surface area contributed by atoms with Gasteiger partial charge in [0.25, 0.3) is 0 Å². The van der Waals surface area contributed by atoms with Crippen molar-refractivity contribution in [2.24, 2.45) is 11.0 Å². The van der Waals surface area contributed by atoms with E-state index in [9.17, 15) is 49.1 Å². The number of primary sulfonamides is 1. The van der Waals surface area contributed by atoms with Gasteiger partial charge in [-0.1, -0.05) is 96.1 Å². The third kappa shape index (κ3) is 25.1. The molecule has 0 fully saturated rings. The molecule has 0 aliphatic rings. The smallest absolute Gasteiger partial charge is 0.748 e. The molecule has 10 aromatic rings. The first-order valence-corrected chi connectivity index (χ1v) is 30.0. The molecule has 0 atom stereocenters. The fourth-order valence-electron chi connectivity index (χ4n) is 5.95. The molecule has 0 spiro atoms. The number of halogens is 4. The maximum atomic E-state index is 10.8. The number of carbonyl (C=O) groups is 1. The molecule has 0 amide bonds. The number of aromatic nitrogens is 4. The van der Waals surface area contributed by atoms with Gasteiger partial charge in [-0.3, -0.25) is 9.36 Å². The van der Waals surface area contributed by atoms with Crippen molar-refractivity contribution in [1.82, 2.24) is 26.8 Å². The fraction of sp³-hybridized carbons (Fsp3) is 0.136. The Hall–Kier alpha value is -5.50. The van der Waals surface area contributed by atoms with Gasteiger partial charge in [0.2, 0.25) is 19.1 Å². The van der Waals surface area contributed by atoms with Crippen molar-refractivity contribution in [2.75, 3.05) is 0 Å². The molecule has 5 aromatic heterocycles. The van der Waals surface area contributed by atoms with Crippen LogP contribution in [0.3, 0.4) is 0 Å². The molecule has 5 aromatic carbocycles. The fourth-order valence-corrected chi connectivity index (χ4v) is 7.93. The van der Waals surface area contributed by atoms with Crippen molar-refractivity contribution < 1.29 is 107 Å². The van der Waals surface area contributed by atoms with Gasteiger partial charge in [-0.25, -0.2) is 41.1 Å². The van der Waals surface area contributed by atoms with Gasteiger partial charge in [-0.2, -0.15) is 0 Å². The first-order valence-electron chi connectivity index (χ1n) is 19.8. The molecule has 78 heavy (non-hydrogen) atoms. The van der Waals surface area contributed by atoms with Crippen molar-refractivity contribution >= 4 is 140 Å². The first kappa shape index (κ1) is 72.5. The number of nitrogens with two attached hydrogens (primary N) is 2. The summed E-state index contributed by atoms with van der Waals surface area (Å²) in [7, 11) is -6.35. The Labute approximate surface area is 485 Å². The summed E-state index contributed by atoms with van der Waals surface area (Å²) in [5.41, 5.74) is 3.42. The van der Waals surface area contributed by atoms with Crippen LogP contribution in [0.4, 0.5) is 0 Å². The zero-order chi connectivity index (χ0) is 54.9. The Kier molecular flexibility index (Phi) is 30.8. The van der Waals surface area contributed by atoms with E-state index in [0.29, 0.717) is 66.5 Å². The van der Waals surface area contributed by atoms with Crippen LogP contribution in [0.5, 0.6) is 5.75 Å². The second-order valence-electron chi connectivity index (χ2n) is 14.1. The van der Waals surface area contributed by atoms with Crippen LogP contribution in [-0.2, 0) is 62.2 Å². The van der Waals surface area contributed by atoms with E-state index >= 15 is 0 Å². The predicted octanol–water partition coefficient (Wildman–Crippen LogP) is 6.92. The molecule has 0 saturated heterocycles. The molecule has 34 heteroatoms. The van der Waals surface area contributed by atoms with E-state index in [1.54, 1.807) is 109 Å². The molecular weight excluding hydrogens is 1210 g/mol. The average molecular weight is 1250 g/mol. The Balaban J connectivity index is 0.000000911. The van der Waals surface area contributed by atoms with Gasteiger partial charge >= 0.3 is 46.4 Å². The number of hydrogen-bond donors (Lipinski definition) is 6. The van der Waals surface area contributed by atoms with Crippen LogP contribution in [0.1, 0.15) is 37.6 Å². The van der Waals surface area contributed by atoms with E-state index in [1.165, 1.54) is 0 Å². The van der Waals surface area contributed by atoms with Crippen molar-refractivity contribution in [3.8, 4) is 5.75 Å². The number of carboxylic acid groups (broad SMARTS) is 1. The first-order chi connectivity index (χ1) is 34.7. The third-order valence-corrected chi connectivity index (χ3v) is 11.0. The number of benzene rings is 5. The number of carboxylic acids is 1. The van der Waals surface area contributed by atoms with Gasteiger partial charge in [0, 0.05) is 32.2 Å². The van der Waals surface area contributed by atoms with Crippen molar-refractivity contribution in [3.63, 3.8) is 0 Å². The quantitative estimate of drug-likeness (QED) is 0.0224. The maximum Gasteiger partial charge on any atom is 1.00 e. The molecule has 0 unspecified atom stereocenters. The number of para-hydroxylation sites is 5. The molecule has 0 radical (unpaired) electrons. The number of aromatic hydroxyl groups is 1. The van der Waals surface area contributed by atoms with Crippen LogP contribution in [0.15, 0.2) is 155 Å². The van der Waals surface area contributed by atoms with Crippen LogP contribution < -0.4 is 52.4 Å². The van der Waals surface area contributed by atoms with E-state index in [2.05, 4.69) is 60.2 Å². The SMILES string of the molecule is C.C.N.NO.NS(=O)(=O)Cc1noc2ccccc12.O=C(O)Cc1noc2ccccc12.O=P(Cl)(Cl)Cl.O=S(=O)(Cl)Cc1noc2ccccc12.O=S(=O)([O-])Cc1noc2ccccc12.O=c1cc(O)c2ccccc2o1.[Na+]. The van der Waals surface area contributed by atoms with Gasteiger partial charge in [0.15, 0.2) is 22.3 Å². The van der Waals surface area contributed by atoms with Gasteiger partial charge < -0.3 is 48.6 Å². The summed E-state index contributed by atoms with van der Waals surface area (Å²) < 4.78 is 109. The number of rotatable bonds is 8. The van der Waals surface area contributed by atoms with Gasteiger partial charge in [-0.15, -0.1) is 0 Å². The minimum Gasteiger partial charge on any atom is -0.748 e.